The standard InChI is InChI=1S/C26H44N4O2.HI/c1-5-27-26(29-24-12-14-30(15-13-24)16-18-31-20(2)3)28-19-23-7-6-17-32-25(23)22-10-8-21(4)9-11-22;/h8-11,20,23-25H,5-7,12-19H2,1-4H3,(H2,27,28,29);1H. The van der Waals surface area contributed by atoms with Gasteiger partial charge in [-0.2, -0.15) is 0 Å². The van der Waals surface area contributed by atoms with Gasteiger partial charge < -0.3 is 25.0 Å². The van der Waals surface area contributed by atoms with Gasteiger partial charge in [0, 0.05) is 51.3 Å². The summed E-state index contributed by atoms with van der Waals surface area (Å²) in [5.74, 6) is 1.37. The third-order valence-corrected chi connectivity index (χ3v) is 6.47. The number of piperidine rings is 1. The van der Waals surface area contributed by atoms with Crippen LogP contribution in [0.1, 0.15) is 63.7 Å². The van der Waals surface area contributed by atoms with Crippen molar-refractivity contribution in [3.05, 3.63) is 35.4 Å². The number of nitrogens with one attached hydrogen (secondary N) is 2. The minimum absolute atomic E-state index is 0. The topological polar surface area (TPSA) is 58.1 Å². The lowest BCUT2D eigenvalue weighted by Crippen LogP contribution is -2.49. The van der Waals surface area contributed by atoms with Gasteiger partial charge in [-0.1, -0.05) is 29.8 Å². The van der Waals surface area contributed by atoms with Gasteiger partial charge in [-0.25, -0.2) is 0 Å². The molecule has 2 atom stereocenters. The first-order valence-corrected chi connectivity index (χ1v) is 12.6. The van der Waals surface area contributed by atoms with Crippen molar-refractivity contribution in [2.75, 3.05) is 45.9 Å². The number of likely N-dealkylation sites (tertiary alicyclic amines) is 1. The second kappa shape index (κ2) is 15.2. The Kier molecular flexibility index (Phi) is 13.0. The Hall–Kier alpha value is -0.900. The van der Waals surface area contributed by atoms with Gasteiger partial charge >= 0.3 is 0 Å². The zero-order valence-electron chi connectivity index (χ0n) is 21.0. The highest BCUT2D eigenvalue weighted by Gasteiger charge is 2.27. The van der Waals surface area contributed by atoms with Crippen molar-refractivity contribution in [1.29, 1.82) is 0 Å². The normalized spacial score (nSPS) is 22.8. The van der Waals surface area contributed by atoms with Crippen LogP contribution in [0.5, 0.6) is 0 Å². The highest BCUT2D eigenvalue weighted by atomic mass is 127. The fourth-order valence-corrected chi connectivity index (χ4v) is 4.60. The minimum Gasteiger partial charge on any atom is -0.377 e. The Balaban J connectivity index is 0.00000385. The molecule has 0 saturated carbocycles. The Bertz CT molecular complexity index is 690. The van der Waals surface area contributed by atoms with Crippen molar-refractivity contribution in [3.63, 3.8) is 0 Å². The number of guanidine groups is 1. The van der Waals surface area contributed by atoms with Gasteiger partial charge in [-0.3, -0.25) is 4.99 Å². The maximum absolute atomic E-state index is 6.19. The molecule has 0 aromatic heterocycles. The molecular weight excluding hydrogens is 527 g/mol. The summed E-state index contributed by atoms with van der Waals surface area (Å²) in [7, 11) is 0. The van der Waals surface area contributed by atoms with Gasteiger partial charge in [0.15, 0.2) is 5.96 Å². The van der Waals surface area contributed by atoms with Crippen molar-refractivity contribution < 1.29 is 9.47 Å². The van der Waals surface area contributed by atoms with Gasteiger partial charge in [-0.05, 0) is 58.9 Å². The van der Waals surface area contributed by atoms with Crippen LogP contribution < -0.4 is 10.6 Å². The van der Waals surface area contributed by atoms with Crippen LogP contribution >= 0.6 is 24.0 Å². The van der Waals surface area contributed by atoms with E-state index in [0.717, 1.165) is 77.6 Å². The molecule has 0 amide bonds. The summed E-state index contributed by atoms with van der Waals surface area (Å²) < 4.78 is 11.9. The van der Waals surface area contributed by atoms with E-state index in [-0.39, 0.29) is 30.1 Å². The molecule has 2 aliphatic rings. The number of ether oxygens (including phenoxy) is 2. The maximum atomic E-state index is 6.19. The molecule has 0 radical (unpaired) electrons. The first-order valence-electron chi connectivity index (χ1n) is 12.6. The molecule has 2 unspecified atom stereocenters. The number of benzene rings is 1. The van der Waals surface area contributed by atoms with Crippen LogP contribution in [0, 0.1) is 12.8 Å². The molecule has 1 aromatic carbocycles. The number of aliphatic imine (C=N–C) groups is 1. The summed E-state index contributed by atoms with van der Waals surface area (Å²) in [6.07, 6.45) is 5.03. The van der Waals surface area contributed by atoms with Crippen molar-refractivity contribution in [3.8, 4) is 0 Å². The van der Waals surface area contributed by atoms with Crippen LogP contribution in [-0.2, 0) is 9.47 Å². The Morgan fingerprint density at radius 3 is 2.58 bits per heavy atom. The van der Waals surface area contributed by atoms with E-state index in [1.165, 1.54) is 11.1 Å². The molecule has 2 heterocycles. The van der Waals surface area contributed by atoms with Crippen LogP contribution in [0.4, 0.5) is 0 Å². The van der Waals surface area contributed by atoms with Crippen LogP contribution in [0.3, 0.4) is 0 Å². The first kappa shape index (κ1) is 28.3. The lowest BCUT2D eigenvalue weighted by molar-refractivity contribution is -0.0250. The molecule has 33 heavy (non-hydrogen) atoms. The minimum atomic E-state index is 0. The fraction of sp³-hybridized carbons (Fsp3) is 0.731. The second-order valence-corrected chi connectivity index (χ2v) is 9.50. The Morgan fingerprint density at radius 2 is 1.91 bits per heavy atom. The van der Waals surface area contributed by atoms with E-state index in [1.54, 1.807) is 0 Å². The average Bonchev–Trinajstić information content (AvgIpc) is 2.79. The second-order valence-electron chi connectivity index (χ2n) is 9.50. The predicted octanol–water partition coefficient (Wildman–Crippen LogP) is 4.53. The number of hydrogen-bond acceptors (Lipinski definition) is 4. The molecule has 2 N–H and O–H groups in total. The van der Waals surface area contributed by atoms with Gasteiger partial charge in [0.05, 0.1) is 18.8 Å². The first-order chi connectivity index (χ1) is 15.5. The van der Waals surface area contributed by atoms with E-state index in [2.05, 4.69) is 67.5 Å². The number of rotatable bonds is 9. The van der Waals surface area contributed by atoms with Gasteiger partial charge in [0.25, 0.3) is 0 Å². The highest BCUT2D eigenvalue weighted by molar-refractivity contribution is 14.0. The van der Waals surface area contributed by atoms with Crippen molar-refractivity contribution in [2.24, 2.45) is 10.9 Å². The van der Waals surface area contributed by atoms with E-state index in [9.17, 15) is 0 Å². The summed E-state index contributed by atoms with van der Waals surface area (Å²) in [5.41, 5.74) is 2.57. The van der Waals surface area contributed by atoms with Crippen molar-refractivity contribution >= 4 is 29.9 Å². The Labute approximate surface area is 218 Å². The molecule has 7 heteroatoms. The lowest BCUT2D eigenvalue weighted by atomic mass is 9.89. The van der Waals surface area contributed by atoms with Crippen LogP contribution in [-0.4, -0.2) is 68.9 Å². The molecular formula is C26H45IN4O2. The zero-order chi connectivity index (χ0) is 22.8. The summed E-state index contributed by atoms with van der Waals surface area (Å²) in [4.78, 5) is 7.50. The average molecular weight is 573 g/mol. The third-order valence-electron chi connectivity index (χ3n) is 6.47. The molecule has 2 saturated heterocycles. The molecule has 1 aromatic rings. The monoisotopic (exact) mass is 572 g/mol. The van der Waals surface area contributed by atoms with Crippen LogP contribution in [0.15, 0.2) is 29.3 Å². The Morgan fingerprint density at radius 1 is 1.18 bits per heavy atom. The molecule has 0 bridgehead atoms. The number of aryl methyl sites for hydroxylation is 1. The predicted molar refractivity (Wildman–Crippen MR) is 148 cm³/mol. The van der Waals surface area contributed by atoms with E-state index in [0.29, 0.717) is 18.1 Å². The molecule has 2 aliphatic heterocycles. The lowest BCUT2D eigenvalue weighted by Gasteiger charge is -2.33. The molecule has 3 rings (SSSR count). The van der Waals surface area contributed by atoms with E-state index >= 15 is 0 Å². The highest BCUT2D eigenvalue weighted by Crippen LogP contribution is 2.34. The molecule has 0 aliphatic carbocycles. The van der Waals surface area contributed by atoms with E-state index in [4.69, 9.17) is 14.5 Å². The quantitative estimate of drug-likeness (QED) is 0.259. The zero-order valence-corrected chi connectivity index (χ0v) is 23.3. The summed E-state index contributed by atoms with van der Waals surface area (Å²) in [6, 6.07) is 9.27. The summed E-state index contributed by atoms with van der Waals surface area (Å²) in [5, 5.41) is 7.15. The summed E-state index contributed by atoms with van der Waals surface area (Å²) in [6.45, 7) is 15.1. The maximum Gasteiger partial charge on any atom is 0.191 e. The smallest absolute Gasteiger partial charge is 0.191 e. The fourth-order valence-electron chi connectivity index (χ4n) is 4.60. The number of halogens is 1. The third kappa shape index (κ3) is 9.70. The molecule has 2 fully saturated rings. The number of hydrogen-bond donors (Lipinski definition) is 2. The van der Waals surface area contributed by atoms with Gasteiger partial charge in [-0.15, -0.1) is 24.0 Å². The van der Waals surface area contributed by atoms with Crippen molar-refractivity contribution in [1.82, 2.24) is 15.5 Å². The number of nitrogens with zero attached hydrogens (tertiary/aromatic N) is 2. The van der Waals surface area contributed by atoms with Crippen molar-refractivity contribution in [2.45, 2.75) is 71.6 Å². The SMILES string of the molecule is CCNC(=NCC1CCCOC1c1ccc(C)cc1)NC1CCN(CCOC(C)C)CC1.I. The molecule has 188 valence electrons. The summed E-state index contributed by atoms with van der Waals surface area (Å²) >= 11 is 0. The molecule has 6 nitrogen and oxygen atoms in total. The van der Waals surface area contributed by atoms with E-state index < -0.39 is 0 Å². The molecule has 0 spiro atoms. The van der Waals surface area contributed by atoms with Gasteiger partial charge in [0.2, 0.25) is 0 Å². The van der Waals surface area contributed by atoms with E-state index in [1.807, 2.05) is 0 Å². The van der Waals surface area contributed by atoms with Crippen LogP contribution in [0.2, 0.25) is 0 Å². The van der Waals surface area contributed by atoms with Crippen LogP contribution in [0.25, 0.3) is 0 Å². The largest absolute Gasteiger partial charge is 0.377 e. The van der Waals surface area contributed by atoms with Gasteiger partial charge in [0.1, 0.15) is 0 Å².